The van der Waals surface area contributed by atoms with Crippen LogP contribution in [0.5, 0.6) is 17.2 Å². The topological polar surface area (TPSA) is 98.2 Å². The summed E-state index contributed by atoms with van der Waals surface area (Å²) >= 11 is 0. The van der Waals surface area contributed by atoms with Crippen LogP contribution in [0.4, 0.5) is 5.69 Å². The molecule has 0 radical (unpaired) electrons. The van der Waals surface area contributed by atoms with Crippen LogP contribution in [-0.4, -0.2) is 39.4 Å². The van der Waals surface area contributed by atoms with E-state index in [1.165, 1.54) is 27.5 Å². The SMILES string of the molecule is COc1cc(/C=N/NC(=O)CCC(=O)Nc2ccc(C)cc2)cc(OC)c1OC. The normalized spacial score (nSPS) is 10.5. The smallest absolute Gasteiger partial charge is 0.240 e. The van der Waals surface area contributed by atoms with E-state index in [1.54, 1.807) is 12.1 Å². The summed E-state index contributed by atoms with van der Waals surface area (Å²) in [4.78, 5) is 23.8. The third-order valence-corrected chi connectivity index (χ3v) is 4.00. The predicted molar refractivity (Wildman–Crippen MR) is 111 cm³/mol. The van der Waals surface area contributed by atoms with Crippen molar-refractivity contribution in [3.63, 3.8) is 0 Å². The van der Waals surface area contributed by atoms with E-state index in [0.29, 0.717) is 28.5 Å². The number of ether oxygens (including phenoxy) is 3. The number of aryl methyl sites for hydroxylation is 1. The lowest BCUT2D eigenvalue weighted by molar-refractivity contribution is -0.124. The number of methoxy groups -OCH3 is 3. The lowest BCUT2D eigenvalue weighted by Gasteiger charge is -2.12. The highest BCUT2D eigenvalue weighted by atomic mass is 16.5. The minimum atomic E-state index is -0.368. The first-order chi connectivity index (χ1) is 14.0. The lowest BCUT2D eigenvalue weighted by Crippen LogP contribution is -2.20. The number of benzene rings is 2. The zero-order valence-corrected chi connectivity index (χ0v) is 16.9. The molecular weight excluding hydrogens is 374 g/mol. The molecule has 0 aliphatic heterocycles. The van der Waals surface area contributed by atoms with Gasteiger partial charge in [0.2, 0.25) is 17.6 Å². The van der Waals surface area contributed by atoms with E-state index >= 15 is 0 Å². The van der Waals surface area contributed by atoms with Gasteiger partial charge in [0.1, 0.15) is 0 Å². The molecule has 2 amide bonds. The standard InChI is InChI=1S/C21H25N3O5/c1-14-5-7-16(8-6-14)23-19(25)9-10-20(26)24-22-13-15-11-17(27-2)21(29-4)18(12-15)28-3/h5-8,11-13H,9-10H2,1-4H3,(H,23,25)(H,24,26)/b22-13+. The van der Waals surface area contributed by atoms with E-state index in [2.05, 4.69) is 15.8 Å². The molecule has 2 N–H and O–H groups in total. The Balaban J connectivity index is 1.86. The molecule has 0 spiro atoms. The maximum atomic E-state index is 11.9. The molecule has 2 aromatic rings. The first-order valence-electron chi connectivity index (χ1n) is 8.95. The quantitative estimate of drug-likeness (QED) is 0.499. The van der Waals surface area contributed by atoms with E-state index in [0.717, 1.165) is 5.56 Å². The molecule has 154 valence electrons. The van der Waals surface area contributed by atoms with Gasteiger partial charge in [-0.2, -0.15) is 5.10 Å². The number of amides is 2. The number of hydrazone groups is 1. The first-order valence-corrected chi connectivity index (χ1v) is 8.95. The average molecular weight is 399 g/mol. The van der Waals surface area contributed by atoms with E-state index in [9.17, 15) is 9.59 Å². The van der Waals surface area contributed by atoms with Gasteiger partial charge in [0, 0.05) is 24.1 Å². The number of anilines is 1. The van der Waals surface area contributed by atoms with Crippen molar-refractivity contribution < 1.29 is 23.8 Å². The van der Waals surface area contributed by atoms with Crippen LogP contribution in [0.3, 0.4) is 0 Å². The highest BCUT2D eigenvalue weighted by molar-refractivity contribution is 5.93. The van der Waals surface area contributed by atoms with E-state index in [4.69, 9.17) is 14.2 Å². The predicted octanol–water partition coefficient (Wildman–Crippen LogP) is 2.89. The maximum absolute atomic E-state index is 11.9. The molecule has 0 heterocycles. The van der Waals surface area contributed by atoms with Crippen molar-refractivity contribution in [1.82, 2.24) is 5.43 Å². The third-order valence-electron chi connectivity index (χ3n) is 4.00. The molecule has 0 saturated heterocycles. The van der Waals surface area contributed by atoms with Gasteiger partial charge in [-0.1, -0.05) is 17.7 Å². The third kappa shape index (κ3) is 6.53. The minimum Gasteiger partial charge on any atom is -0.493 e. The Morgan fingerprint density at radius 2 is 1.52 bits per heavy atom. The number of carbonyl (C=O) groups is 2. The summed E-state index contributed by atoms with van der Waals surface area (Å²) in [6.07, 6.45) is 1.53. The summed E-state index contributed by atoms with van der Waals surface area (Å²) in [7, 11) is 4.55. The molecule has 0 saturated carbocycles. The van der Waals surface area contributed by atoms with E-state index < -0.39 is 0 Å². The molecule has 2 aromatic carbocycles. The van der Waals surface area contributed by atoms with E-state index in [-0.39, 0.29) is 24.7 Å². The monoisotopic (exact) mass is 399 g/mol. The molecule has 29 heavy (non-hydrogen) atoms. The lowest BCUT2D eigenvalue weighted by atomic mass is 10.2. The van der Waals surface area contributed by atoms with Gasteiger partial charge in [-0.05, 0) is 31.2 Å². The molecule has 0 bridgehead atoms. The van der Waals surface area contributed by atoms with Crippen LogP contribution < -0.4 is 25.0 Å². The summed E-state index contributed by atoms with van der Waals surface area (Å²) in [5, 5.41) is 6.66. The fourth-order valence-electron chi connectivity index (χ4n) is 2.50. The van der Waals surface area contributed by atoms with Gasteiger partial charge in [-0.15, -0.1) is 0 Å². The Kier molecular flexibility index (Phi) is 8.02. The minimum absolute atomic E-state index is 0.0181. The van der Waals surface area contributed by atoms with Crippen LogP contribution in [0.2, 0.25) is 0 Å². The zero-order chi connectivity index (χ0) is 21.2. The average Bonchev–Trinajstić information content (AvgIpc) is 2.73. The summed E-state index contributed by atoms with van der Waals surface area (Å²) < 4.78 is 15.8. The number of nitrogens with zero attached hydrogens (tertiary/aromatic N) is 1. The highest BCUT2D eigenvalue weighted by Crippen LogP contribution is 2.37. The van der Waals surface area contributed by atoms with E-state index in [1.807, 2.05) is 31.2 Å². The molecule has 0 aliphatic rings. The Bertz CT molecular complexity index is 853. The van der Waals surface area contributed by atoms with Crippen LogP contribution in [-0.2, 0) is 9.59 Å². The van der Waals surface area contributed by atoms with Crippen LogP contribution in [0.25, 0.3) is 0 Å². The fraction of sp³-hybridized carbons (Fsp3) is 0.286. The van der Waals surface area contributed by atoms with Gasteiger partial charge in [-0.25, -0.2) is 5.43 Å². The largest absolute Gasteiger partial charge is 0.493 e. The van der Waals surface area contributed by atoms with Crippen molar-refractivity contribution in [2.75, 3.05) is 26.6 Å². The number of hydrogen-bond acceptors (Lipinski definition) is 6. The molecule has 0 fully saturated rings. The van der Waals surface area contributed by atoms with Crippen LogP contribution in [0, 0.1) is 6.92 Å². The van der Waals surface area contributed by atoms with Crippen LogP contribution in [0.15, 0.2) is 41.5 Å². The van der Waals surface area contributed by atoms with Crippen LogP contribution >= 0.6 is 0 Å². The summed E-state index contributed by atoms with van der Waals surface area (Å²) in [5.74, 6) is 0.820. The molecule has 0 unspecified atom stereocenters. The van der Waals surface area contributed by atoms with Gasteiger partial charge in [-0.3, -0.25) is 9.59 Å². The first kappa shape index (κ1) is 21.7. The second kappa shape index (κ2) is 10.7. The molecule has 0 aliphatic carbocycles. The Labute approximate surface area is 169 Å². The number of nitrogens with one attached hydrogen (secondary N) is 2. The molecule has 2 rings (SSSR count). The zero-order valence-electron chi connectivity index (χ0n) is 16.9. The van der Waals surface area contributed by atoms with Crippen molar-refractivity contribution in [3.8, 4) is 17.2 Å². The van der Waals surface area contributed by atoms with Crippen LogP contribution in [0.1, 0.15) is 24.0 Å². The molecule has 0 aromatic heterocycles. The van der Waals surface area contributed by atoms with Gasteiger partial charge < -0.3 is 19.5 Å². The number of rotatable bonds is 9. The summed E-state index contributed by atoms with van der Waals surface area (Å²) in [5.41, 5.74) is 4.85. The van der Waals surface area contributed by atoms with Crippen molar-refractivity contribution in [2.45, 2.75) is 19.8 Å². The van der Waals surface area contributed by atoms with Gasteiger partial charge in [0.25, 0.3) is 0 Å². The summed E-state index contributed by atoms with van der Waals surface area (Å²) in [6.45, 7) is 1.97. The van der Waals surface area contributed by atoms with Crippen molar-refractivity contribution in [3.05, 3.63) is 47.5 Å². The Morgan fingerprint density at radius 3 is 2.07 bits per heavy atom. The second-order valence-electron chi connectivity index (χ2n) is 6.17. The Hall–Kier alpha value is -3.55. The molecule has 8 nitrogen and oxygen atoms in total. The van der Waals surface area contributed by atoms with Crippen molar-refractivity contribution in [2.24, 2.45) is 5.10 Å². The molecule has 8 heteroatoms. The molecular formula is C21H25N3O5. The second-order valence-corrected chi connectivity index (χ2v) is 6.17. The van der Waals surface area contributed by atoms with Gasteiger partial charge >= 0.3 is 0 Å². The van der Waals surface area contributed by atoms with Gasteiger partial charge in [0.15, 0.2) is 11.5 Å². The van der Waals surface area contributed by atoms with Crippen molar-refractivity contribution >= 4 is 23.7 Å². The fourth-order valence-corrected chi connectivity index (χ4v) is 2.50. The Morgan fingerprint density at radius 1 is 0.931 bits per heavy atom. The van der Waals surface area contributed by atoms with Gasteiger partial charge in [0.05, 0.1) is 27.5 Å². The highest BCUT2D eigenvalue weighted by Gasteiger charge is 2.12. The number of hydrogen-bond donors (Lipinski definition) is 2. The van der Waals surface area contributed by atoms with Crippen molar-refractivity contribution in [1.29, 1.82) is 0 Å². The summed E-state index contributed by atoms with van der Waals surface area (Å²) in [6, 6.07) is 10.8. The number of carbonyl (C=O) groups excluding carboxylic acids is 2. The molecule has 0 atom stereocenters. The maximum Gasteiger partial charge on any atom is 0.240 e.